The summed E-state index contributed by atoms with van der Waals surface area (Å²) in [5, 5.41) is 3.22. The number of amides is 3. The van der Waals surface area contributed by atoms with E-state index in [0.29, 0.717) is 5.02 Å². The van der Waals surface area contributed by atoms with Crippen molar-refractivity contribution in [3.8, 4) is 0 Å². The Bertz CT molecular complexity index is 739. The third-order valence-electron chi connectivity index (χ3n) is 3.33. The van der Waals surface area contributed by atoms with E-state index in [2.05, 4.69) is 5.32 Å². The lowest BCUT2D eigenvalue weighted by Gasteiger charge is -2.11. The summed E-state index contributed by atoms with van der Waals surface area (Å²) in [6.45, 7) is 0.253. The number of nitrogens with zero attached hydrogens (tertiary/aromatic N) is 1. The molecule has 3 rings (SSSR count). The molecule has 0 unspecified atom stereocenters. The van der Waals surface area contributed by atoms with E-state index in [9.17, 15) is 9.59 Å². The summed E-state index contributed by atoms with van der Waals surface area (Å²) >= 11 is 5.83. The summed E-state index contributed by atoms with van der Waals surface area (Å²) in [6, 6.07) is 16.0. The zero-order valence-corrected chi connectivity index (χ0v) is 12.4. The van der Waals surface area contributed by atoms with Crippen LogP contribution >= 0.6 is 11.6 Å². The molecule has 1 N–H and O–H groups in total. The summed E-state index contributed by atoms with van der Waals surface area (Å²) in [5.41, 5.74) is 1.97. The predicted octanol–water partition coefficient (Wildman–Crippen LogP) is 3.43. The van der Waals surface area contributed by atoms with E-state index in [4.69, 9.17) is 11.6 Å². The molecule has 3 amide bonds. The number of urea groups is 1. The Hall–Kier alpha value is -2.59. The van der Waals surface area contributed by atoms with Gasteiger partial charge in [-0.25, -0.2) is 4.79 Å². The maximum absolute atomic E-state index is 12.3. The Morgan fingerprint density at radius 3 is 2.36 bits per heavy atom. The van der Waals surface area contributed by atoms with Crippen LogP contribution in [-0.2, 0) is 11.3 Å². The van der Waals surface area contributed by atoms with E-state index < -0.39 is 6.03 Å². The van der Waals surface area contributed by atoms with Crippen molar-refractivity contribution in [1.82, 2.24) is 10.2 Å². The lowest BCUT2D eigenvalue weighted by molar-refractivity contribution is -0.123. The van der Waals surface area contributed by atoms with Gasteiger partial charge in [0.2, 0.25) is 0 Å². The monoisotopic (exact) mass is 312 g/mol. The van der Waals surface area contributed by atoms with Crippen LogP contribution < -0.4 is 5.32 Å². The van der Waals surface area contributed by atoms with Crippen molar-refractivity contribution < 1.29 is 9.59 Å². The van der Waals surface area contributed by atoms with Gasteiger partial charge in [-0.2, -0.15) is 0 Å². The zero-order valence-electron chi connectivity index (χ0n) is 11.6. The fourth-order valence-electron chi connectivity index (χ4n) is 2.21. The molecule has 1 heterocycles. The highest BCUT2D eigenvalue weighted by Crippen LogP contribution is 2.18. The molecule has 0 atom stereocenters. The Morgan fingerprint density at radius 2 is 1.68 bits per heavy atom. The van der Waals surface area contributed by atoms with Crippen LogP contribution in [0.25, 0.3) is 6.08 Å². The minimum Gasteiger partial charge on any atom is -0.303 e. The standard InChI is InChI=1S/C17H13ClN2O2/c18-14-8-6-12(7-9-14)10-15-16(21)20(17(22)19-15)11-13-4-2-1-3-5-13/h1-10H,11H2,(H,19,22)/b15-10-. The smallest absolute Gasteiger partial charge is 0.303 e. The molecule has 2 aromatic carbocycles. The number of benzene rings is 2. The van der Waals surface area contributed by atoms with Crippen LogP contribution in [0.5, 0.6) is 0 Å². The fraction of sp³-hybridized carbons (Fsp3) is 0.0588. The number of rotatable bonds is 3. The third kappa shape index (κ3) is 3.02. The lowest BCUT2D eigenvalue weighted by Crippen LogP contribution is -2.30. The van der Waals surface area contributed by atoms with Gasteiger partial charge in [0.1, 0.15) is 5.70 Å². The second-order valence-electron chi connectivity index (χ2n) is 4.92. The first-order valence-electron chi connectivity index (χ1n) is 6.77. The van der Waals surface area contributed by atoms with E-state index >= 15 is 0 Å². The van der Waals surface area contributed by atoms with Crippen LogP contribution in [-0.4, -0.2) is 16.8 Å². The van der Waals surface area contributed by atoms with Gasteiger partial charge in [-0.05, 0) is 29.3 Å². The Kier molecular flexibility index (Phi) is 3.94. The lowest BCUT2D eigenvalue weighted by atomic mass is 10.2. The Labute approximate surface area is 133 Å². The molecule has 1 saturated heterocycles. The van der Waals surface area contributed by atoms with Gasteiger partial charge >= 0.3 is 6.03 Å². The van der Waals surface area contributed by atoms with Crippen LogP contribution in [0, 0.1) is 0 Å². The number of carbonyl (C=O) groups is 2. The number of carbonyl (C=O) groups excluding carboxylic acids is 2. The quantitative estimate of drug-likeness (QED) is 0.697. The van der Waals surface area contributed by atoms with Crippen molar-refractivity contribution in [3.63, 3.8) is 0 Å². The van der Waals surface area contributed by atoms with E-state index in [1.165, 1.54) is 4.90 Å². The number of hydrogen-bond acceptors (Lipinski definition) is 2. The largest absolute Gasteiger partial charge is 0.329 e. The van der Waals surface area contributed by atoms with E-state index in [0.717, 1.165) is 11.1 Å². The van der Waals surface area contributed by atoms with Crippen LogP contribution in [0.1, 0.15) is 11.1 Å². The van der Waals surface area contributed by atoms with Gasteiger partial charge in [0, 0.05) is 5.02 Å². The molecular weight excluding hydrogens is 300 g/mol. The van der Waals surface area contributed by atoms with Gasteiger partial charge in [-0.1, -0.05) is 54.1 Å². The summed E-state index contributed by atoms with van der Waals surface area (Å²) in [7, 11) is 0. The molecule has 0 aliphatic carbocycles. The molecule has 22 heavy (non-hydrogen) atoms. The molecule has 2 aromatic rings. The molecular formula is C17H13ClN2O2. The van der Waals surface area contributed by atoms with Crippen molar-refractivity contribution in [2.75, 3.05) is 0 Å². The van der Waals surface area contributed by atoms with Gasteiger partial charge in [0.15, 0.2) is 0 Å². The molecule has 0 saturated carbocycles. The maximum atomic E-state index is 12.3. The second-order valence-corrected chi connectivity index (χ2v) is 5.35. The molecule has 1 fully saturated rings. The van der Waals surface area contributed by atoms with Crippen LogP contribution in [0.3, 0.4) is 0 Å². The highest BCUT2D eigenvalue weighted by molar-refractivity contribution is 6.30. The van der Waals surface area contributed by atoms with Crippen LogP contribution in [0.15, 0.2) is 60.3 Å². The van der Waals surface area contributed by atoms with Gasteiger partial charge in [-0.3, -0.25) is 9.69 Å². The van der Waals surface area contributed by atoms with E-state index in [1.54, 1.807) is 30.3 Å². The number of halogens is 1. The van der Waals surface area contributed by atoms with Crippen LogP contribution in [0.2, 0.25) is 5.02 Å². The minimum absolute atomic E-state index is 0.253. The average molecular weight is 313 g/mol. The van der Waals surface area contributed by atoms with Crippen molar-refractivity contribution in [1.29, 1.82) is 0 Å². The Morgan fingerprint density at radius 1 is 1.00 bits per heavy atom. The number of imide groups is 1. The molecule has 4 nitrogen and oxygen atoms in total. The molecule has 0 aromatic heterocycles. The van der Waals surface area contributed by atoms with Crippen molar-refractivity contribution >= 4 is 29.6 Å². The van der Waals surface area contributed by atoms with Crippen LogP contribution in [0.4, 0.5) is 4.79 Å². The van der Waals surface area contributed by atoms with Crippen molar-refractivity contribution in [3.05, 3.63) is 76.4 Å². The Balaban J connectivity index is 1.80. The molecule has 0 radical (unpaired) electrons. The summed E-state index contributed by atoms with van der Waals surface area (Å²) < 4.78 is 0. The van der Waals surface area contributed by atoms with Crippen molar-refractivity contribution in [2.24, 2.45) is 0 Å². The first kappa shape index (κ1) is 14.4. The highest BCUT2D eigenvalue weighted by atomic mass is 35.5. The number of hydrogen-bond donors (Lipinski definition) is 1. The highest BCUT2D eigenvalue weighted by Gasteiger charge is 2.33. The number of nitrogens with one attached hydrogen (secondary N) is 1. The molecule has 110 valence electrons. The van der Waals surface area contributed by atoms with Gasteiger partial charge in [-0.15, -0.1) is 0 Å². The fourth-order valence-corrected chi connectivity index (χ4v) is 2.33. The topological polar surface area (TPSA) is 49.4 Å². The average Bonchev–Trinajstić information content (AvgIpc) is 2.78. The maximum Gasteiger partial charge on any atom is 0.329 e. The minimum atomic E-state index is -0.408. The van der Waals surface area contributed by atoms with Crippen molar-refractivity contribution in [2.45, 2.75) is 6.54 Å². The first-order chi connectivity index (χ1) is 10.6. The van der Waals surface area contributed by atoms with Gasteiger partial charge in [0.05, 0.1) is 6.54 Å². The second kappa shape index (κ2) is 6.03. The molecule has 1 aliphatic heterocycles. The van der Waals surface area contributed by atoms with E-state index in [1.807, 2.05) is 30.3 Å². The first-order valence-corrected chi connectivity index (χ1v) is 7.15. The summed E-state index contributed by atoms with van der Waals surface area (Å²) in [4.78, 5) is 25.5. The molecule has 0 spiro atoms. The normalized spacial score (nSPS) is 16.2. The molecule has 5 heteroatoms. The predicted molar refractivity (Wildman–Crippen MR) is 85.0 cm³/mol. The SMILES string of the molecule is O=C1N/C(=C\c2ccc(Cl)cc2)C(=O)N1Cc1ccccc1. The zero-order chi connectivity index (χ0) is 15.5. The summed E-state index contributed by atoms with van der Waals surface area (Å²) in [5.74, 6) is -0.330. The molecule has 0 bridgehead atoms. The third-order valence-corrected chi connectivity index (χ3v) is 3.58. The summed E-state index contributed by atoms with van der Waals surface area (Å²) in [6.07, 6.45) is 1.64. The van der Waals surface area contributed by atoms with E-state index in [-0.39, 0.29) is 18.1 Å². The van der Waals surface area contributed by atoms with Gasteiger partial charge < -0.3 is 5.32 Å². The molecule has 1 aliphatic rings. The van der Waals surface area contributed by atoms with Gasteiger partial charge in [0.25, 0.3) is 5.91 Å².